The fourth-order valence-corrected chi connectivity index (χ4v) is 2.30. The molecule has 0 saturated carbocycles. The van der Waals surface area contributed by atoms with Crippen molar-refractivity contribution in [1.82, 2.24) is 0 Å². The number of anilines is 1. The van der Waals surface area contributed by atoms with Crippen LogP contribution >= 0.6 is 11.6 Å². The van der Waals surface area contributed by atoms with Crippen LogP contribution in [0.1, 0.15) is 19.4 Å². The Morgan fingerprint density at radius 3 is 2.50 bits per heavy atom. The lowest BCUT2D eigenvalue weighted by Gasteiger charge is -2.18. The molecule has 0 unspecified atom stereocenters. The van der Waals surface area contributed by atoms with Gasteiger partial charge in [-0.15, -0.1) is 0 Å². The van der Waals surface area contributed by atoms with Gasteiger partial charge in [-0.2, -0.15) is 0 Å². The van der Waals surface area contributed by atoms with E-state index >= 15 is 0 Å². The number of hydrogen-bond acceptors (Lipinski definition) is 4. The number of carbonyl (C=O) groups is 2. The van der Waals surface area contributed by atoms with Gasteiger partial charge in [0.2, 0.25) is 0 Å². The van der Waals surface area contributed by atoms with Crippen LogP contribution in [-0.2, 0) is 14.3 Å². The molecule has 7 heteroatoms. The lowest BCUT2D eigenvalue weighted by Crippen LogP contribution is -2.35. The van der Waals surface area contributed by atoms with Gasteiger partial charge in [-0.05, 0) is 56.7 Å². The third-order valence-electron chi connectivity index (χ3n) is 3.49. The quantitative estimate of drug-likeness (QED) is 0.766. The maximum Gasteiger partial charge on any atom is 0.347 e. The van der Waals surface area contributed by atoms with Crippen molar-refractivity contribution in [2.75, 3.05) is 5.32 Å². The first-order valence-corrected chi connectivity index (χ1v) is 8.34. The minimum Gasteiger partial charge on any atom is -0.479 e. The van der Waals surface area contributed by atoms with Crippen LogP contribution in [0.4, 0.5) is 10.1 Å². The zero-order valence-corrected chi connectivity index (χ0v) is 15.3. The highest BCUT2D eigenvalue weighted by Crippen LogP contribution is 2.22. The van der Waals surface area contributed by atoms with Gasteiger partial charge in [0, 0.05) is 0 Å². The Morgan fingerprint density at radius 2 is 1.85 bits per heavy atom. The van der Waals surface area contributed by atoms with E-state index in [-0.39, 0.29) is 10.7 Å². The van der Waals surface area contributed by atoms with E-state index in [1.165, 1.54) is 19.9 Å². The first-order chi connectivity index (χ1) is 12.3. The zero-order valence-electron chi connectivity index (χ0n) is 14.6. The molecule has 1 amide bonds. The van der Waals surface area contributed by atoms with Crippen molar-refractivity contribution in [2.24, 2.45) is 0 Å². The molecule has 0 bridgehead atoms. The molecule has 0 aromatic heterocycles. The molecule has 0 heterocycles. The summed E-state index contributed by atoms with van der Waals surface area (Å²) in [6, 6.07) is 10.8. The number of ether oxygens (including phenoxy) is 2. The molecule has 2 atom stereocenters. The highest BCUT2D eigenvalue weighted by Gasteiger charge is 2.23. The van der Waals surface area contributed by atoms with Crippen molar-refractivity contribution in [3.63, 3.8) is 0 Å². The lowest BCUT2D eigenvalue weighted by molar-refractivity contribution is -0.159. The number of hydrogen-bond donors (Lipinski definition) is 1. The molecule has 0 aliphatic rings. The Morgan fingerprint density at radius 1 is 1.12 bits per heavy atom. The summed E-state index contributed by atoms with van der Waals surface area (Å²) in [4.78, 5) is 24.2. The van der Waals surface area contributed by atoms with E-state index in [2.05, 4.69) is 5.32 Å². The summed E-state index contributed by atoms with van der Waals surface area (Å²) < 4.78 is 23.7. The molecule has 0 aliphatic heterocycles. The number of amides is 1. The molecular weight excluding hydrogens is 361 g/mol. The minimum atomic E-state index is -1.08. The molecule has 1 N–H and O–H groups in total. The molecule has 2 aromatic carbocycles. The number of halogens is 2. The van der Waals surface area contributed by atoms with Gasteiger partial charge in [-0.1, -0.05) is 23.7 Å². The Bertz CT molecular complexity index is 812. The van der Waals surface area contributed by atoms with Gasteiger partial charge in [-0.3, -0.25) is 4.79 Å². The summed E-state index contributed by atoms with van der Waals surface area (Å²) in [5, 5.41) is 2.53. The maximum atomic E-state index is 13.0. The van der Waals surface area contributed by atoms with Gasteiger partial charge in [0.1, 0.15) is 11.6 Å². The first kappa shape index (κ1) is 19.7. The lowest BCUT2D eigenvalue weighted by atomic mass is 10.2. The highest BCUT2D eigenvalue weighted by atomic mass is 35.5. The van der Waals surface area contributed by atoms with Crippen LogP contribution < -0.4 is 10.1 Å². The van der Waals surface area contributed by atoms with Crippen LogP contribution in [0, 0.1) is 12.7 Å². The van der Waals surface area contributed by atoms with E-state index in [1.54, 1.807) is 12.1 Å². The van der Waals surface area contributed by atoms with Crippen molar-refractivity contribution < 1.29 is 23.5 Å². The van der Waals surface area contributed by atoms with Gasteiger partial charge in [0.05, 0.1) is 10.7 Å². The number of aryl methyl sites for hydroxylation is 1. The van der Waals surface area contributed by atoms with Crippen LogP contribution in [0.15, 0.2) is 42.5 Å². The predicted molar refractivity (Wildman–Crippen MR) is 96.9 cm³/mol. The van der Waals surface area contributed by atoms with E-state index < -0.39 is 29.9 Å². The Labute approximate surface area is 156 Å². The Hall–Kier alpha value is -2.60. The van der Waals surface area contributed by atoms with Crippen molar-refractivity contribution in [3.05, 3.63) is 58.9 Å². The fourth-order valence-electron chi connectivity index (χ4n) is 2.09. The maximum absolute atomic E-state index is 13.0. The van der Waals surface area contributed by atoms with Crippen LogP contribution in [-0.4, -0.2) is 24.1 Å². The topological polar surface area (TPSA) is 64.6 Å². The molecule has 0 radical (unpaired) electrons. The summed E-state index contributed by atoms with van der Waals surface area (Å²) in [5.41, 5.74) is 1.22. The fraction of sp³-hybridized carbons (Fsp3) is 0.263. The number of rotatable bonds is 6. The molecule has 26 heavy (non-hydrogen) atoms. The van der Waals surface area contributed by atoms with Crippen LogP contribution in [0.2, 0.25) is 5.02 Å². The second-order valence-electron chi connectivity index (χ2n) is 5.77. The Kier molecular flexibility index (Phi) is 6.58. The van der Waals surface area contributed by atoms with Crippen molar-refractivity contribution >= 4 is 29.2 Å². The van der Waals surface area contributed by atoms with Gasteiger partial charge in [0.25, 0.3) is 5.91 Å². The third-order valence-corrected chi connectivity index (χ3v) is 3.80. The van der Waals surface area contributed by atoms with Crippen molar-refractivity contribution in [2.45, 2.75) is 33.0 Å². The molecule has 0 spiro atoms. The second kappa shape index (κ2) is 8.67. The third kappa shape index (κ3) is 5.46. The van der Waals surface area contributed by atoms with E-state index in [9.17, 15) is 14.0 Å². The molecule has 2 rings (SSSR count). The molecule has 0 fully saturated rings. The Balaban J connectivity index is 1.91. The monoisotopic (exact) mass is 379 g/mol. The van der Waals surface area contributed by atoms with E-state index in [1.807, 2.05) is 19.1 Å². The normalized spacial score (nSPS) is 12.8. The summed E-state index contributed by atoms with van der Waals surface area (Å²) >= 11 is 5.86. The van der Waals surface area contributed by atoms with Gasteiger partial charge < -0.3 is 14.8 Å². The van der Waals surface area contributed by atoms with Crippen LogP contribution in [0.3, 0.4) is 0 Å². The molecule has 0 aliphatic carbocycles. The SMILES string of the molecule is Cc1cccc(O[C@H](C)C(=O)O[C@H](C)C(=O)Nc2ccc(F)cc2Cl)c1. The molecule has 138 valence electrons. The largest absolute Gasteiger partial charge is 0.479 e. The van der Waals surface area contributed by atoms with Gasteiger partial charge in [0.15, 0.2) is 12.2 Å². The second-order valence-corrected chi connectivity index (χ2v) is 6.18. The predicted octanol–water partition coefficient (Wildman–Crippen LogP) is 4.13. The van der Waals surface area contributed by atoms with Crippen molar-refractivity contribution in [3.8, 4) is 5.75 Å². The number of carbonyl (C=O) groups excluding carboxylic acids is 2. The number of benzene rings is 2. The number of esters is 1. The van der Waals surface area contributed by atoms with E-state index in [4.69, 9.17) is 21.1 Å². The average Bonchev–Trinajstić information content (AvgIpc) is 2.57. The van der Waals surface area contributed by atoms with Crippen molar-refractivity contribution in [1.29, 1.82) is 0 Å². The standard InChI is InChI=1S/C19H19ClFNO4/c1-11-5-4-6-15(9-11)25-13(3)19(24)26-12(2)18(23)22-17-8-7-14(21)10-16(17)20/h4-10,12-13H,1-3H3,(H,22,23)/t12-,13-/m1/s1. The van der Waals surface area contributed by atoms with Gasteiger partial charge in [-0.25, -0.2) is 9.18 Å². The molecular formula is C19H19ClFNO4. The molecule has 5 nitrogen and oxygen atoms in total. The summed E-state index contributed by atoms with van der Waals surface area (Å²) in [7, 11) is 0. The summed E-state index contributed by atoms with van der Waals surface area (Å²) in [5.74, 6) is -1.26. The summed E-state index contributed by atoms with van der Waals surface area (Å²) in [6.45, 7) is 4.86. The average molecular weight is 380 g/mol. The van der Waals surface area contributed by atoms with Gasteiger partial charge >= 0.3 is 5.97 Å². The smallest absolute Gasteiger partial charge is 0.347 e. The number of nitrogens with one attached hydrogen (secondary N) is 1. The van der Waals surface area contributed by atoms with E-state index in [0.29, 0.717) is 5.75 Å². The van der Waals surface area contributed by atoms with Crippen LogP contribution in [0.25, 0.3) is 0 Å². The molecule has 2 aromatic rings. The van der Waals surface area contributed by atoms with Crippen LogP contribution in [0.5, 0.6) is 5.75 Å². The van der Waals surface area contributed by atoms with E-state index in [0.717, 1.165) is 17.7 Å². The highest BCUT2D eigenvalue weighted by molar-refractivity contribution is 6.33. The first-order valence-electron chi connectivity index (χ1n) is 7.96. The summed E-state index contributed by atoms with van der Waals surface area (Å²) in [6.07, 6.45) is -1.96. The zero-order chi connectivity index (χ0) is 19.3. The minimum absolute atomic E-state index is 0.0491. The molecule has 0 saturated heterocycles.